The lowest BCUT2D eigenvalue weighted by Gasteiger charge is -2.08. The molecule has 0 amide bonds. The minimum absolute atomic E-state index is 0.322. The van der Waals surface area contributed by atoms with Crippen molar-refractivity contribution < 1.29 is 14.6 Å². The summed E-state index contributed by atoms with van der Waals surface area (Å²) in [4.78, 5) is 11.3. The van der Waals surface area contributed by atoms with E-state index < -0.39 is 5.97 Å². The largest absolute Gasteiger partial charge is 0.478 e. The van der Waals surface area contributed by atoms with Crippen molar-refractivity contribution >= 4 is 55.4 Å². The van der Waals surface area contributed by atoms with Crippen LogP contribution in [-0.2, 0) is 11.3 Å². The van der Waals surface area contributed by atoms with Crippen LogP contribution in [0.3, 0.4) is 0 Å². The lowest BCUT2D eigenvalue weighted by atomic mass is 10.1. The molecule has 0 bridgehead atoms. The number of ether oxygens (including phenoxy) is 1. The SMILES string of the molecule is COCCCn1nc(Br)c2c(I)c(C)c(C(=O)O)cc21. The summed E-state index contributed by atoms with van der Waals surface area (Å²) in [5, 5.41) is 14.7. The fourth-order valence-electron chi connectivity index (χ4n) is 2.10. The van der Waals surface area contributed by atoms with Crippen molar-refractivity contribution in [3.8, 4) is 0 Å². The van der Waals surface area contributed by atoms with E-state index in [4.69, 9.17) is 4.74 Å². The summed E-state index contributed by atoms with van der Waals surface area (Å²) in [7, 11) is 1.66. The molecule has 0 aliphatic heterocycles. The first-order valence-electron chi connectivity index (χ1n) is 6.04. The van der Waals surface area contributed by atoms with E-state index in [-0.39, 0.29) is 0 Å². The molecule has 1 N–H and O–H groups in total. The molecule has 0 aliphatic carbocycles. The fourth-order valence-corrected chi connectivity index (χ4v) is 3.88. The van der Waals surface area contributed by atoms with Gasteiger partial charge in [-0.2, -0.15) is 5.10 Å². The average molecular weight is 453 g/mol. The number of hydrogen-bond donors (Lipinski definition) is 1. The number of hydrogen-bond acceptors (Lipinski definition) is 3. The summed E-state index contributed by atoms with van der Waals surface area (Å²) in [6, 6.07) is 1.69. The summed E-state index contributed by atoms with van der Waals surface area (Å²) >= 11 is 5.63. The molecule has 0 spiro atoms. The van der Waals surface area contributed by atoms with E-state index in [0.29, 0.717) is 18.7 Å². The van der Waals surface area contributed by atoms with Crippen LogP contribution in [0, 0.1) is 10.5 Å². The molecule has 2 aromatic rings. The van der Waals surface area contributed by atoms with Gasteiger partial charge in [0.25, 0.3) is 0 Å². The van der Waals surface area contributed by atoms with Gasteiger partial charge in [0.05, 0.1) is 11.1 Å². The van der Waals surface area contributed by atoms with Crippen molar-refractivity contribution in [3.63, 3.8) is 0 Å². The van der Waals surface area contributed by atoms with Crippen LogP contribution in [0.25, 0.3) is 10.9 Å². The summed E-state index contributed by atoms with van der Waals surface area (Å²) in [6.07, 6.45) is 0.826. The van der Waals surface area contributed by atoms with Gasteiger partial charge in [-0.05, 0) is 63.5 Å². The zero-order valence-electron chi connectivity index (χ0n) is 11.1. The van der Waals surface area contributed by atoms with Crippen molar-refractivity contribution in [2.75, 3.05) is 13.7 Å². The van der Waals surface area contributed by atoms with Crippen molar-refractivity contribution in [2.45, 2.75) is 19.9 Å². The monoisotopic (exact) mass is 452 g/mol. The third-order valence-corrected chi connectivity index (χ3v) is 5.04. The molecular formula is C13H14BrIN2O3. The zero-order chi connectivity index (χ0) is 14.9. The van der Waals surface area contributed by atoms with Crippen molar-refractivity contribution in [2.24, 2.45) is 0 Å². The van der Waals surface area contributed by atoms with Crippen LogP contribution in [0.2, 0.25) is 0 Å². The quantitative estimate of drug-likeness (QED) is 0.557. The minimum Gasteiger partial charge on any atom is -0.478 e. The lowest BCUT2D eigenvalue weighted by molar-refractivity contribution is 0.0696. The second-order valence-electron chi connectivity index (χ2n) is 4.42. The molecule has 5 nitrogen and oxygen atoms in total. The minimum atomic E-state index is -0.914. The van der Waals surface area contributed by atoms with Gasteiger partial charge in [0.1, 0.15) is 4.60 Å². The highest BCUT2D eigenvalue weighted by Gasteiger charge is 2.19. The van der Waals surface area contributed by atoms with Gasteiger partial charge in [0.15, 0.2) is 0 Å². The molecule has 7 heteroatoms. The van der Waals surface area contributed by atoms with Gasteiger partial charge in [-0.15, -0.1) is 0 Å². The number of carbonyl (C=O) groups is 1. The molecular weight excluding hydrogens is 439 g/mol. The highest BCUT2D eigenvalue weighted by molar-refractivity contribution is 14.1. The van der Waals surface area contributed by atoms with Crippen molar-refractivity contribution in [1.82, 2.24) is 9.78 Å². The van der Waals surface area contributed by atoms with E-state index in [0.717, 1.165) is 31.1 Å². The predicted octanol–water partition coefficient (Wildman–Crippen LogP) is 3.45. The van der Waals surface area contributed by atoms with Gasteiger partial charge in [0.2, 0.25) is 0 Å². The van der Waals surface area contributed by atoms with E-state index in [1.165, 1.54) is 0 Å². The molecule has 0 saturated heterocycles. The Bertz CT molecular complexity index is 669. The van der Waals surface area contributed by atoms with E-state index >= 15 is 0 Å². The summed E-state index contributed by atoms with van der Waals surface area (Å²) in [6.45, 7) is 3.15. The first-order valence-corrected chi connectivity index (χ1v) is 7.92. The molecule has 0 fully saturated rings. The molecule has 108 valence electrons. The topological polar surface area (TPSA) is 64.4 Å². The Balaban J connectivity index is 2.59. The van der Waals surface area contributed by atoms with Gasteiger partial charge < -0.3 is 9.84 Å². The second kappa shape index (κ2) is 6.40. The maximum Gasteiger partial charge on any atom is 0.336 e. The number of nitrogens with zero attached hydrogens (tertiary/aromatic N) is 2. The van der Waals surface area contributed by atoms with Gasteiger partial charge in [-0.25, -0.2) is 4.79 Å². The van der Waals surface area contributed by atoms with Gasteiger partial charge in [-0.3, -0.25) is 4.68 Å². The van der Waals surface area contributed by atoms with Crippen LogP contribution in [0.4, 0.5) is 0 Å². The third-order valence-electron chi connectivity index (χ3n) is 3.13. The summed E-state index contributed by atoms with van der Waals surface area (Å²) in [5.74, 6) is -0.914. The summed E-state index contributed by atoms with van der Waals surface area (Å²) in [5.41, 5.74) is 1.92. The molecule has 0 radical (unpaired) electrons. The maximum absolute atomic E-state index is 11.3. The average Bonchev–Trinajstić information content (AvgIpc) is 2.70. The Morgan fingerprint density at radius 3 is 2.90 bits per heavy atom. The standard InChI is InChI=1S/C13H14BrIN2O3/c1-7-8(13(18)19)6-9-10(11(7)15)12(14)16-17(9)4-3-5-20-2/h6H,3-5H2,1-2H3,(H,18,19). The van der Waals surface area contributed by atoms with Gasteiger partial charge in [-0.1, -0.05) is 0 Å². The Labute approximate surface area is 138 Å². The number of rotatable bonds is 5. The molecule has 1 heterocycles. The van der Waals surface area contributed by atoms with Crippen LogP contribution in [0.5, 0.6) is 0 Å². The predicted molar refractivity (Wildman–Crippen MR) is 88.3 cm³/mol. The normalized spacial score (nSPS) is 11.2. The number of aromatic carboxylic acids is 1. The van der Waals surface area contributed by atoms with Gasteiger partial charge >= 0.3 is 5.97 Å². The number of aromatic nitrogens is 2. The van der Waals surface area contributed by atoms with Crippen LogP contribution in [-0.4, -0.2) is 34.6 Å². The Hall–Kier alpha value is -0.670. The molecule has 0 aliphatic rings. The fraction of sp³-hybridized carbons (Fsp3) is 0.385. The Morgan fingerprint density at radius 2 is 2.30 bits per heavy atom. The number of carboxylic acids is 1. The third kappa shape index (κ3) is 2.84. The number of carboxylic acid groups (broad SMARTS) is 1. The first kappa shape index (κ1) is 15.7. The molecule has 20 heavy (non-hydrogen) atoms. The van der Waals surface area contributed by atoms with Crippen LogP contribution in [0.15, 0.2) is 10.7 Å². The lowest BCUT2D eigenvalue weighted by Crippen LogP contribution is -2.06. The van der Waals surface area contributed by atoms with E-state index in [9.17, 15) is 9.90 Å². The number of methoxy groups -OCH3 is 1. The Kier molecular flexibility index (Phi) is 5.03. The van der Waals surface area contributed by atoms with E-state index in [1.54, 1.807) is 13.2 Å². The smallest absolute Gasteiger partial charge is 0.336 e. The maximum atomic E-state index is 11.3. The van der Waals surface area contributed by atoms with Crippen LogP contribution < -0.4 is 0 Å². The van der Waals surface area contributed by atoms with E-state index in [1.807, 2.05) is 11.6 Å². The van der Waals surface area contributed by atoms with Crippen LogP contribution >= 0.6 is 38.5 Å². The Morgan fingerprint density at radius 1 is 1.60 bits per heavy atom. The molecule has 0 unspecified atom stereocenters. The molecule has 0 saturated carbocycles. The number of benzene rings is 1. The molecule has 1 aromatic heterocycles. The van der Waals surface area contributed by atoms with E-state index in [2.05, 4.69) is 43.6 Å². The first-order chi connectivity index (χ1) is 9.47. The summed E-state index contributed by atoms with van der Waals surface area (Å²) < 4.78 is 8.53. The van der Waals surface area contributed by atoms with Gasteiger partial charge in [0, 0.05) is 29.2 Å². The molecule has 1 aromatic carbocycles. The zero-order valence-corrected chi connectivity index (χ0v) is 14.9. The molecule has 0 atom stereocenters. The van der Waals surface area contributed by atoms with Crippen LogP contribution in [0.1, 0.15) is 22.3 Å². The highest BCUT2D eigenvalue weighted by atomic mass is 127. The van der Waals surface area contributed by atoms with Crippen molar-refractivity contribution in [3.05, 3.63) is 25.4 Å². The number of aryl methyl sites for hydroxylation is 1. The van der Waals surface area contributed by atoms with Crippen molar-refractivity contribution in [1.29, 1.82) is 0 Å². The highest BCUT2D eigenvalue weighted by Crippen LogP contribution is 2.32. The number of halogens is 2. The molecule has 2 rings (SSSR count). The second-order valence-corrected chi connectivity index (χ2v) is 6.25. The number of fused-ring (bicyclic) bond motifs is 1.